The van der Waals surface area contributed by atoms with Crippen LogP contribution >= 0.6 is 15.9 Å². The number of likely N-dealkylation sites (N-methyl/N-ethyl adjacent to an activating group) is 1. The van der Waals surface area contributed by atoms with Gasteiger partial charge in [-0.3, -0.25) is 0 Å². The summed E-state index contributed by atoms with van der Waals surface area (Å²) in [5, 5.41) is 3.33. The van der Waals surface area contributed by atoms with E-state index in [1.165, 1.54) is 24.0 Å². The lowest BCUT2D eigenvalue weighted by Gasteiger charge is -2.36. The van der Waals surface area contributed by atoms with Crippen molar-refractivity contribution in [1.29, 1.82) is 0 Å². The number of halogens is 1. The number of imidazole rings is 1. The van der Waals surface area contributed by atoms with Gasteiger partial charge in [0, 0.05) is 43.0 Å². The van der Waals surface area contributed by atoms with Gasteiger partial charge in [-0.15, -0.1) is 0 Å². The second-order valence-electron chi connectivity index (χ2n) is 7.46. The predicted octanol–water partition coefficient (Wildman–Crippen LogP) is 3.41. The molecule has 1 aliphatic heterocycles. The first kappa shape index (κ1) is 16.2. The van der Waals surface area contributed by atoms with E-state index in [4.69, 9.17) is 4.98 Å². The van der Waals surface area contributed by atoms with E-state index in [0.29, 0.717) is 12.5 Å². The van der Waals surface area contributed by atoms with Gasteiger partial charge in [0.1, 0.15) is 22.4 Å². The Bertz CT molecular complexity index is 958. The quantitative estimate of drug-likeness (QED) is 0.650. The average Bonchev–Trinajstić information content (AvgIpc) is 3.36. The molecule has 0 radical (unpaired) electrons. The fourth-order valence-electron chi connectivity index (χ4n) is 3.73. The minimum Gasteiger partial charge on any atom is -0.364 e. The minimum atomic E-state index is 0.599. The fraction of sp³-hybridized carbons (Fsp3) is 0.421. The SMILES string of the molecule is CN1CC(c2cc(C3CC3)cn3cc(CNc4cc(Br)ncn4)nc23)C1. The van der Waals surface area contributed by atoms with E-state index in [2.05, 4.69) is 66.0 Å². The lowest BCUT2D eigenvalue weighted by molar-refractivity contribution is 0.190. The van der Waals surface area contributed by atoms with Gasteiger partial charge in [-0.1, -0.05) is 0 Å². The van der Waals surface area contributed by atoms with Crippen LogP contribution in [0.3, 0.4) is 0 Å². The maximum Gasteiger partial charge on any atom is 0.140 e. The number of pyridine rings is 1. The van der Waals surface area contributed by atoms with Gasteiger partial charge in [0.15, 0.2) is 0 Å². The van der Waals surface area contributed by atoms with Crippen LogP contribution in [0.4, 0.5) is 5.82 Å². The van der Waals surface area contributed by atoms with Crippen molar-refractivity contribution in [1.82, 2.24) is 24.3 Å². The highest BCUT2D eigenvalue weighted by Crippen LogP contribution is 2.42. The highest BCUT2D eigenvalue weighted by molar-refractivity contribution is 9.10. The molecule has 0 aromatic carbocycles. The summed E-state index contributed by atoms with van der Waals surface area (Å²) in [5.41, 5.74) is 5.01. The molecule has 5 rings (SSSR count). The summed E-state index contributed by atoms with van der Waals surface area (Å²) in [4.78, 5) is 15.6. The molecular formula is C19H21BrN6. The van der Waals surface area contributed by atoms with Gasteiger partial charge in [-0.05, 0) is 53.4 Å². The number of rotatable bonds is 5. The van der Waals surface area contributed by atoms with Crippen molar-refractivity contribution in [3.63, 3.8) is 0 Å². The summed E-state index contributed by atoms with van der Waals surface area (Å²) in [7, 11) is 2.18. The van der Waals surface area contributed by atoms with Crippen LogP contribution in [0.25, 0.3) is 5.65 Å². The summed E-state index contributed by atoms with van der Waals surface area (Å²) >= 11 is 3.37. The van der Waals surface area contributed by atoms with Crippen LogP contribution in [0.5, 0.6) is 0 Å². The highest BCUT2D eigenvalue weighted by Gasteiger charge is 2.30. The molecule has 3 aromatic heterocycles. The lowest BCUT2D eigenvalue weighted by Crippen LogP contribution is -2.41. The van der Waals surface area contributed by atoms with E-state index >= 15 is 0 Å². The summed E-state index contributed by atoms with van der Waals surface area (Å²) in [5.74, 6) is 2.14. The summed E-state index contributed by atoms with van der Waals surface area (Å²) in [6.45, 7) is 2.90. The van der Waals surface area contributed by atoms with Crippen LogP contribution in [-0.4, -0.2) is 44.4 Å². The Morgan fingerprint density at radius 2 is 2.00 bits per heavy atom. The van der Waals surface area contributed by atoms with Gasteiger partial charge >= 0.3 is 0 Å². The third-order valence-corrected chi connectivity index (χ3v) is 5.72. The van der Waals surface area contributed by atoms with Crippen molar-refractivity contribution < 1.29 is 0 Å². The number of nitrogens with zero attached hydrogens (tertiary/aromatic N) is 5. The summed E-state index contributed by atoms with van der Waals surface area (Å²) in [6, 6.07) is 4.28. The van der Waals surface area contributed by atoms with Crippen molar-refractivity contribution in [3.8, 4) is 0 Å². The Balaban J connectivity index is 1.45. The molecule has 0 atom stereocenters. The van der Waals surface area contributed by atoms with Gasteiger partial charge in [-0.25, -0.2) is 15.0 Å². The maximum atomic E-state index is 4.93. The second kappa shape index (κ2) is 6.32. The molecule has 0 unspecified atom stereocenters. The van der Waals surface area contributed by atoms with Gasteiger partial charge < -0.3 is 14.6 Å². The number of hydrogen-bond acceptors (Lipinski definition) is 5. The molecule has 26 heavy (non-hydrogen) atoms. The molecule has 3 aromatic rings. The number of anilines is 1. The summed E-state index contributed by atoms with van der Waals surface area (Å²) < 4.78 is 3.00. The van der Waals surface area contributed by atoms with Gasteiger partial charge in [-0.2, -0.15) is 0 Å². The first-order valence-electron chi connectivity index (χ1n) is 9.07. The maximum absolute atomic E-state index is 4.93. The third kappa shape index (κ3) is 3.10. The first-order chi connectivity index (χ1) is 12.7. The molecule has 4 heterocycles. The van der Waals surface area contributed by atoms with E-state index in [1.54, 1.807) is 6.33 Å². The van der Waals surface area contributed by atoms with Crippen LogP contribution in [0.1, 0.15) is 41.5 Å². The molecule has 1 saturated carbocycles. The zero-order valence-electron chi connectivity index (χ0n) is 14.7. The highest BCUT2D eigenvalue weighted by atomic mass is 79.9. The third-order valence-electron chi connectivity index (χ3n) is 5.29. The van der Waals surface area contributed by atoms with Gasteiger partial charge in [0.25, 0.3) is 0 Å². The lowest BCUT2D eigenvalue weighted by atomic mass is 9.91. The van der Waals surface area contributed by atoms with Crippen molar-refractivity contribution in [3.05, 3.63) is 52.3 Å². The molecule has 1 N–H and O–H groups in total. The number of hydrogen-bond donors (Lipinski definition) is 1. The predicted molar refractivity (Wildman–Crippen MR) is 104 cm³/mol. The largest absolute Gasteiger partial charge is 0.364 e. The molecule has 2 fully saturated rings. The van der Waals surface area contributed by atoms with Gasteiger partial charge in [0.05, 0.1) is 12.2 Å². The Labute approximate surface area is 160 Å². The standard InChI is InChI=1S/C19H21BrN6/c1-25-7-14(8-25)16-4-13(12-2-3-12)9-26-10-15(24-19(16)26)6-21-18-5-17(20)22-11-23-18/h4-5,9-12,14H,2-3,6-8H2,1H3,(H,21,22,23). The van der Waals surface area contributed by atoms with Crippen LogP contribution in [0.15, 0.2) is 35.5 Å². The molecule has 2 aliphatic rings. The molecule has 6 nitrogen and oxygen atoms in total. The van der Waals surface area contributed by atoms with Crippen molar-refractivity contribution in [2.45, 2.75) is 31.2 Å². The van der Waals surface area contributed by atoms with Crippen LogP contribution < -0.4 is 5.32 Å². The minimum absolute atomic E-state index is 0.599. The molecule has 0 spiro atoms. The van der Waals surface area contributed by atoms with E-state index in [-0.39, 0.29) is 0 Å². The Kier molecular flexibility index (Phi) is 3.94. The number of fused-ring (bicyclic) bond motifs is 1. The second-order valence-corrected chi connectivity index (χ2v) is 8.28. The monoisotopic (exact) mass is 412 g/mol. The van der Waals surface area contributed by atoms with E-state index in [1.807, 2.05) is 6.07 Å². The van der Waals surface area contributed by atoms with Crippen LogP contribution in [0, 0.1) is 0 Å². The molecule has 7 heteroatoms. The smallest absolute Gasteiger partial charge is 0.140 e. The number of nitrogens with one attached hydrogen (secondary N) is 1. The molecule has 1 saturated heterocycles. The number of aromatic nitrogens is 4. The molecular weight excluding hydrogens is 392 g/mol. The van der Waals surface area contributed by atoms with Crippen LogP contribution in [-0.2, 0) is 6.54 Å². The average molecular weight is 413 g/mol. The number of likely N-dealkylation sites (tertiary alicyclic amines) is 1. The molecule has 134 valence electrons. The first-order valence-corrected chi connectivity index (χ1v) is 9.86. The van der Waals surface area contributed by atoms with Crippen molar-refractivity contribution in [2.24, 2.45) is 0 Å². The zero-order chi connectivity index (χ0) is 17.7. The van der Waals surface area contributed by atoms with E-state index in [9.17, 15) is 0 Å². The normalized spacial score (nSPS) is 18.2. The Morgan fingerprint density at radius 3 is 2.73 bits per heavy atom. The fourth-order valence-corrected chi connectivity index (χ4v) is 4.04. The van der Waals surface area contributed by atoms with Crippen molar-refractivity contribution in [2.75, 3.05) is 25.5 Å². The van der Waals surface area contributed by atoms with E-state index < -0.39 is 0 Å². The van der Waals surface area contributed by atoms with Crippen molar-refractivity contribution >= 4 is 27.4 Å². The molecule has 0 bridgehead atoms. The summed E-state index contributed by atoms with van der Waals surface area (Å²) in [6.07, 6.45) is 8.61. The Morgan fingerprint density at radius 1 is 1.15 bits per heavy atom. The Hall–Kier alpha value is -1.99. The zero-order valence-corrected chi connectivity index (χ0v) is 16.3. The molecule has 1 aliphatic carbocycles. The van der Waals surface area contributed by atoms with Crippen LogP contribution in [0.2, 0.25) is 0 Å². The topological polar surface area (TPSA) is 58.4 Å². The van der Waals surface area contributed by atoms with E-state index in [0.717, 1.165) is 40.8 Å². The molecule has 0 amide bonds. The van der Waals surface area contributed by atoms with Gasteiger partial charge in [0.2, 0.25) is 0 Å².